The molecule has 0 radical (unpaired) electrons. The van der Waals surface area contributed by atoms with Gasteiger partial charge in [-0.05, 0) is 78.2 Å². The first-order valence-corrected chi connectivity index (χ1v) is 11.2. The van der Waals surface area contributed by atoms with Crippen LogP contribution in [0.15, 0.2) is 56.8 Å². The first-order chi connectivity index (χ1) is 15.6. The van der Waals surface area contributed by atoms with E-state index in [-0.39, 0.29) is 38.9 Å². The Morgan fingerprint density at radius 2 is 1.79 bits per heavy atom. The van der Waals surface area contributed by atoms with Crippen molar-refractivity contribution in [2.75, 3.05) is 0 Å². The molecule has 0 spiro atoms. The van der Waals surface area contributed by atoms with Gasteiger partial charge < -0.3 is 19.4 Å². The van der Waals surface area contributed by atoms with Crippen LogP contribution >= 0.6 is 0 Å². The normalized spacial score (nSPS) is 17.0. The molecule has 1 aliphatic heterocycles. The van der Waals surface area contributed by atoms with Crippen LogP contribution in [0.1, 0.15) is 58.6 Å². The van der Waals surface area contributed by atoms with Gasteiger partial charge in [0, 0.05) is 5.56 Å². The van der Waals surface area contributed by atoms with Gasteiger partial charge in [-0.2, -0.15) is 0 Å². The summed E-state index contributed by atoms with van der Waals surface area (Å²) >= 11 is 0. The highest BCUT2D eigenvalue weighted by Gasteiger charge is 2.33. The van der Waals surface area contributed by atoms with Gasteiger partial charge in [-0.3, -0.25) is 4.79 Å². The third kappa shape index (κ3) is 4.15. The lowest BCUT2D eigenvalue weighted by Crippen LogP contribution is -2.32. The number of fused-ring (bicyclic) bond motifs is 3. The minimum Gasteiger partial charge on any atom is -0.506 e. The van der Waals surface area contributed by atoms with Crippen molar-refractivity contribution in [1.29, 1.82) is 0 Å². The molecule has 0 saturated heterocycles. The van der Waals surface area contributed by atoms with Crippen molar-refractivity contribution in [3.8, 4) is 17.2 Å². The summed E-state index contributed by atoms with van der Waals surface area (Å²) in [6.07, 6.45) is 10.1. The van der Waals surface area contributed by atoms with Crippen LogP contribution in [0, 0.1) is 0 Å². The molecule has 2 heterocycles. The lowest BCUT2D eigenvalue weighted by molar-refractivity contribution is 0.127. The smallest absolute Gasteiger partial charge is 0.204 e. The van der Waals surface area contributed by atoms with Crippen LogP contribution in [0.25, 0.3) is 28.0 Å². The Labute approximate surface area is 193 Å². The molecule has 1 aliphatic rings. The molecule has 0 aliphatic carbocycles. The molecule has 5 heteroatoms. The van der Waals surface area contributed by atoms with Crippen molar-refractivity contribution < 1.29 is 19.4 Å². The average molecular weight is 447 g/mol. The highest BCUT2D eigenvalue weighted by molar-refractivity contribution is 6.00. The predicted molar refractivity (Wildman–Crippen MR) is 133 cm³/mol. The highest BCUT2D eigenvalue weighted by atomic mass is 16.5. The quantitative estimate of drug-likeness (QED) is 0.334. The number of ether oxygens (including phenoxy) is 1. The maximum absolute atomic E-state index is 13.4. The van der Waals surface area contributed by atoms with Gasteiger partial charge in [-0.1, -0.05) is 29.4 Å². The maximum atomic E-state index is 13.4. The van der Waals surface area contributed by atoms with E-state index >= 15 is 0 Å². The predicted octanol–water partition coefficient (Wildman–Crippen LogP) is 6.78. The standard InChI is InChI=1S/C28H30O5/c1-16(2)8-7-14-28(5)15-13-19-24(31)22-23(30)18-9-6-10-21(29)26(18)32-27(22)20(25(19)33-28)12-11-17(3)4/h6,8-11,13,15,29,31H,7,12,14H2,1-5H3. The van der Waals surface area contributed by atoms with E-state index in [1.54, 1.807) is 12.1 Å². The summed E-state index contributed by atoms with van der Waals surface area (Å²) in [6.45, 7) is 10.1. The molecule has 0 amide bonds. The highest BCUT2D eigenvalue weighted by Crippen LogP contribution is 2.46. The van der Waals surface area contributed by atoms with Crippen LogP contribution in [-0.4, -0.2) is 15.8 Å². The topological polar surface area (TPSA) is 79.9 Å². The number of hydrogen-bond donors (Lipinski definition) is 2. The lowest BCUT2D eigenvalue weighted by atomic mass is 9.91. The van der Waals surface area contributed by atoms with Crippen molar-refractivity contribution in [2.45, 2.75) is 59.5 Å². The summed E-state index contributed by atoms with van der Waals surface area (Å²) in [6, 6.07) is 4.65. The number of phenolic OH excluding ortho intramolecular Hbond substituents is 2. The van der Waals surface area contributed by atoms with Crippen LogP contribution in [0.5, 0.6) is 17.2 Å². The summed E-state index contributed by atoms with van der Waals surface area (Å²) in [4.78, 5) is 13.4. The first-order valence-electron chi connectivity index (χ1n) is 11.2. The zero-order valence-corrected chi connectivity index (χ0v) is 19.8. The molecule has 2 N–H and O–H groups in total. The molecule has 1 aromatic heterocycles. The molecule has 1 atom stereocenters. The minimum atomic E-state index is -0.571. The molecule has 0 fully saturated rings. The summed E-state index contributed by atoms with van der Waals surface area (Å²) < 4.78 is 12.6. The molecule has 0 saturated carbocycles. The van der Waals surface area contributed by atoms with E-state index in [2.05, 4.69) is 19.9 Å². The Morgan fingerprint density at radius 1 is 1.06 bits per heavy atom. The van der Waals surface area contributed by atoms with Crippen molar-refractivity contribution >= 4 is 28.0 Å². The summed E-state index contributed by atoms with van der Waals surface area (Å²) in [5.74, 6) is 0.226. The number of allylic oxidation sites excluding steroid dienone is 4. The Morgan fingerprint density at radius 3 is 2.48 bits per heavy atom. The fourth-order valence-corrected chi connectivity index (χ4v) is 4.21. The van der Waals surface area contributed by atoms with E-state index in [1.165, 1.54) is 11.6 Å². The Bertz CT molecular complexity index is 1400. The molecular formula is C28H30O5. The molecular weight excluding hydrogens is 416 g/mol. The summed E-state index contributed by atoms with van der Waals surface area (Å²) in [5, 5.41) is 21.8. The van der Waals surface area contributed by atoms with Crippen LogP contribution in [0.4, 0.5) is 0 Å². The molecule has 0 bridgehead atoms. The Kier molecular flexibility index (Phi) is 5.83. The van der Waals surface area contributed by atoms with E-state index in [9.17, 15) is 15.0 Å². The molecule has 33 heavy (non-hydrogen) atoms. The molecule has 172 valence electrons. The van der Waals surface area contributed by atoms with Crippen molar-refractivity contribution in [3.05, 3.63) is 68.9 Å². The Hall–Kier alpha value is -3.47. The van der Waals surface area contributed by atoms with Crippen molar-refractivity contribution in [1.82, 2.24) is 0 Å². The van der Waals surface area contributed by atoms with Crippen LogP contribution < -0.4 is 10.2 Å². The van der Waals surface area contributed by atoms with Gasteiger partial charge in [-0.25, -0.2) is 0 Å². The summed E-state index contributed by atoms with van der Waals surface area (Å²) in [5.41, 5.74) is 2.90. The maximum Gasteiger partial charge on any atom is 0.204 e. The molecule has 2 aromatic carbocycles. The third-order valence-corrected chi connectivity index (χ3v) is 6.03. The number of aromatic hydroxyl groups is 2. The lowest BCUT2D eigenvalue weighted by Gasteiger charge is -2.33. The van der Waals surface area contributed by atoms with Crippen LogP contribution in [0.3, 0.4) is 0 Å². The van der Waals surface area contributed by atoms with Gasteiger partial charge >= 0.3 is 0 Å². The zero-order valence-electron chi connectivity index (χ0n) is 19.8. The number of rotatable bonds is 5. The number of benzene rings is 2. The second kappa shape index (κ2) is 8.47. The number of phenols is 2. The molecule has 4 rings (SSSR count). The van der Waals surface area contributed by atoms with E-state index in [0.29, 0.717) is 23.3 Å². The second-order valence-corrected chi connectivity index (χ2v) is 9.41. The third-order valence-electron chi connectivity index (χ3n) is 6.03. The van der Waals surface area contributed by atoms with Crippen LogP contribution in [-0.2, 0) is 6.42 Å². The molecule has 3 aromatic rings. The SMILES string of the molecule is CC(C)=CCCC1(C)C=Cc2c(c(CC=C(C)C)c3oc4c(O)cccc4c(=O)c3c2O)O1. The zero-order chi connectivity index (χ0) is 23.9. The largest absolute Gasteiger partial charge is 0.506 e. The van der Waals surface area contributed by atoms with Gasteiger partial charge in [0.1, 0.15) is 28.1 Å². The second-order valence-electron chi connectivity index (χ2n) is 9.41. The Balaban J connectivity index is 2.01. The van der Waals surface area contributed by atoms with Gasteiger partial charge in [0.2, 0.25) is 5.43 Å². The molecule has 5 nitrogen and oxygen atoms in total. The van der Waals surface area contributed by atoms with Crippen LogP contribution in [0.2, 0.25) is 0 Å². The van der Waals surface area contributed by atoms with Gasteiger partial charge in [0.15, 0.2) is 11.3 Å². The molecule has 1 unspecified atom stereocenters. The fourth-order valence-electron chi connectivity index (χ4n) is 4.21. The van der Waals surface area contributed by atoms with E-state index in [0.717, 1.165) is 18.4 Å². The van der Waals surface area contributed by atoms with Crippen molar-refractivity contribution in [2.24, 2.45) is 0 Å². The van der Waals surface area contributed by atoms with Gasteiger partial charge in [-0.15, -0.1) is 0 Å². The van der Waals surface area contributed by atoms with Gasteiger partial charge in [0.05, 0.1) is 10.9 Å². The van der Waals surface area contributed by atoms with E-state index in [1.807, 2.05) is 39.0 Å². The number of para-hydroxylation sites is 1. The van der Waals surface area contributed by atoms with Crippen molar-refractivity contribution in [3.63, 3.8) is 0 Å². The van der Waals surface area contributed by atoms with Gasteiger partial charge in [0.25, 0.3) is 0 Å². The monoisotopic (exact) mass is 446 g/mol. The first kappa shape index (κ1) is 22.7. The minimum absolute atomic E-state index is 0.102. The summed E-state index contributed by atoms with van der Waals surface area (Å²) in [7, 11) is 0. The fraction of sp³-hybridized carbons (Fsp3) is 0.321. The van der Waals surface area contributed by atoms with E-state index < -0.39 is 5.60 Å². The number of hydrogen-bond acceptors (Lipinski definition) is 5. The average Bonchev–Trinajstić information content (AvgIpc) is 2.73. The van der Waals surface area contributed by atoms with E-state index in [4.69, 9.17) is 9.15 Å².